The third-order valence-corrected chi connectivity index (χ3v) is 3.92. The van der Waals surface area contributed by atoms with Crippen LogP contribution in [-0.2, 0) is 4.79 Å². The van der Waals surface area contributed by atoms with Crippen molar-refractivity contribution >= 4 is 33.3 Å². The Morgan fingerprint density at radius 1 is 1.05 bits per heavy atom. The fourth-order valence-electron chi connectivity index (χ4n) is 2.74. The number of hydrogen-bond acceptors (Lipinski definition) is 2. The molecule has 1 N–H and O–H groups in total. The van der Waals surface area contributed by atoms with Gasteiger partial charge in [-0.1, -0.05) is 56.2 Å². The lowest BCUT2D eigenvalue weighted by atomic mass is 10.1. The summed E-state index contributed by atoms with van der Waals surface area (Å²) >= 11 is 0. The van der Waals surface area contributed by atoms with Crippen LogP contribution in [-0.4, -0.2) is 10.9 Å². The Kier molecular flexibility index (Phi) is 4.33. The Hall–Kier alpha value is -2.42. The van der Waals surface area contributed by atoms with Gasteiger partial charge < -0.3 is 5.32 Å². The van der Waals surface area contributed by atoms with Crippen LogP contribution in [0.2, 0.25) is 0 Å². The van der Waals surface area contributed by atoms with E-state index in [4.69, 9.17) is 0 Å². The van der Waals surface area contributed by atoms with Gasteiger partial charge >= 0.3 is 0 Å². The summed E-state index contributed by atoms with van der Waals surface area (Å²) in [5, 5.41) is 6.29. The number of carbonyl (C=O) groups is 1. The first kappa shape index (κ1) is 14.5. The van der Waals surface area contributed by atoms with Crippen molar-refractivity contribution in [2.45, 2.75) is 32.6 Å². The average molecular weight is 292 g/mol. The number of pyridine rings is 1. The lowest BCUT2D eigenvalue weighted by Crippen LogP contribution is -2.11. The van der Waals surface area contributed by atoms with Crippen molar-refractivity contribution in [2.75, 3.05) is 5.32 Å². The molecule has 3 nitrogen and oxygen atoms in total. The highest BCUT2D eigenvalue weighted by molar-refractivity contribution is 6.11. The third kappa shape index (κ3) is 2.93. The highest BCUT2D eigenvalue weighted by Gasteiger charge is 2.08. The number of aromatic nitrogens is 1. The summed E-state index contributed by atoms with van der Waals surface area (Å²) in [5.74, 6) is 0.0779. The molecule has 22 heavy (non-hydrogen) atoms. The molecule has 1 amide bonds. The fraction of sp³-hybridized carbons (Fsp3) is 0.263. The Morgan fingerprint density at radius 2 is 1.91 bits per heavy atom. The van der Waals surface area contributed by atoms with E-state index in [0.29, 0.717) is 6.42 Å². The summed E-state index contributed by atoms with van der Waals surface area (Å²) in [7, 11) is 0. The Bertz CT molecular complexity index is 811. The van der Waals surface area contributed by atoms with Gasteiger partial charge in [0.05, 0.1) is 11.2 Å². The molecular weight excluding hydrogens is 272 g/mol. The van der Waals surface area contributed by atoms with E-state index in [9.17, 15) is 4.79 Å². The highest BCUT2D eigenvalue weighted by atomic mass is 16.1. The fourth-order valence-corrected chi connectivity index (χ4v) is 2.74. The van der Waals surface area contributed by atoms with Gasteiger partial charge in [-0.05, 0) is 17.9 Å². The number of unbranched alkanes of at least 4 members (excludes halogenated alkanes) is 2. The number of benzene rings is 2. The molecule has 112 valence electrons. The minimum atomic E-state index is 0.0779. The van der Waals surface area contributed by atoms with Crippen LogP contribution in [0.15, 0.2) is 48.7 Å². The van der Waals surface area contributed by atoms with Crippen molar-refractivity contribution in [3.8, 4) is 0 Å². The summed E-state index contributed by atoms with van der Waals surface area (Å²) in [6.45, 7) is 2.14. The maximum absolute atomic E-state index is 12.1. The smallest absolute Gasteiger partial charge is 0.224 e. The lowest BCUT2D eigenvalue weighted by molar-refractivity contribution is -0.116. The summed E-state index contributed by atoms with van der Waals surface area (Å²) in [4.78, 5) is 16.6. The van der Waals surface area contributed by atoms with E-state index in [1.54, 1.807) is 6.20 Å². The molecule has 0 radical (unpaired) electrons. The quantitative estimate of drug-likeness (QED) is 0.536. The third-order valence-electron chi connectivity index (χ3n) is 3.92. The molecule has 0 fully saturated rings. The molecule has 0 bridgehead atoms. The molecule has 3 heteroatoms. The number of nitrogens with one attached hydrogen (secondary N) is 1. The Morgan fingerprint density at radius 3 is 2.77 bits per heavy atom. The maximum atomic E-state index is 12.1. The number of nitrogens with zero attached hydrogens (tertiary/aromatic N) is 1. The minimum Gasteiger partial charge on any atom is -0.325 e. The van der Waals surface area contributed by atoms with Crippen LogP contribution in [0.3, 0.4) is 0 Å². The predicted molar refractivity (Wildman–Crippen MR) is 92.0 cm³/mol. The molecular formula is C19H20N2O. The normalized spacial score (nSPS) is 11.0. The zero-order chi connectivity index (χ0) is 15.4. The molecule has 0 atom stereocenters. The highest BCUT2D eigenvalue weighted by Crippen LogP contribution is 2.28. The standard InChI is InChI=1S/C19H20N2O/c1-2-3-4-9-18(22)21-17-12-13-20-19-15-8-6-5-7-14(15)10-11-16(17)19/h5-8,10-13H,2-4,9H2,1H3,(H,20,21,22). The number of hydrogen-bond donors (Lipinski definition) is 1. The van der Waals surface area contributed by atoms with Crippen LogP contribution in [0.25, 0.3) is 21.7 Å². The molecule has 0 unspecified atom stereocenters. The zero-order valence-corrected chi connectivity index (χ0v) is 12.8. The van der Waals surface area contributed by atoms with Gasteiger partial charge in [0.25, 0.3) is 0 Å². The van der Waals surface area contributed by atoms with Gasteiger partial charge in [-0.2, -0.15) is 0 Å². The van der Waals surface area contributed by atoms with Crippen molar-refractivity contribution < 1.29 is 4.79 Å². The summed E-state index contributed by atoms with van der Waals surface area (Å²) < 4.78 is 0. The Labute approximate surface area is 130 Å². The van der Waals surface area contributed by atoms with Crippen LogP contribution in [0.4, 0.5) is 5.69 Å². The molecule has 0 saturated heterocycles. The van der Waals surface area contributed by atoms with Gasteiger partial charge in [-0.25, -0.2) is 0 Å². The van der Waals surface area contributed by atoms with E-state index in [2.05, 4.69) is 35.4 Å². The number of rotatable bonds is 5. The van der Waals surface area contributed by atoms with E-state index in [1.807, 2.05) is 24.3 Å². The van der Waals surface area contributed by atoms with Crippen LogP contribution >= 0.6 is 0 Å². The molecule has 0 aliphatic carbocycles. The van der Waals surface area contributed by atoms with Crippen molar-refractivity contribution in [1.82, 2.24) is 4.98 Å². The van der Waals surface area contributed by atoms with E-state index < -0.39 is 0 Å². The van der Waals surface area contributed by atoms with Crippen LogP contribution in [0, 0.1) is 0 Å². The molecule has 0 aliphatic rings. The van der Waals surface area contributed by atoms with Crippen LogP contribution in [0.5, 0.6) is 0 Å². The first-order chi connectivity index (χ1) is 10.8. The van der Waals surface area contributed by atoms with Gasteiger partial charge in [0.2, 0.25) is 5.91 Å². The molecule has 1 aromatic heterocycles. The zero-order valence-electron chi connectivity index (χ0n) is 12.8. The summed E-state index contributed by atoms with van der Waals surface area (Å²) in [6.07, 6.45) is 5.49. The lowest BCUT2D eigenvalue weighted by Gasteiger charge is -2.10. The number of fused-ring (bicyclic) bond motifs is 3. The van der Waals surface area contributed by atoms with Gasteiger partial charge in [0, 0.05) is 23.4 Å². The molecule has 3 aromatic rings. The first-order valence-electron chi connectivity index (χ1n) is 7.86. The van der Waals surface area contributed by atoms with E-state index >= 15 is 0 Å². The van der Waals surface area contributed by atoms with Crippen molar-refractivity contribution in [2.24, 2.45) is 0 Å². The largest absolute Gasteiger partial charge is 0.325 e. The second-order valence-corrected chi connectivity index (χ2v) is 5.55. The van der Waals surface area contributed by atoms with Gasteiger partial charge in [-0.15, -0.1) is 0 Å². The SMILES string of the molecule is CCCCCC(=O)Nc1ccnc2c1ccc1ccccc12. The van der Waals surface area contributed by atoms with Crippen molar-refractivity contribution in [3.05, 3.63) is 48.7 Å². The first-order valence-corrected chi connectivity index (χ1v) is 7.86. The van der Waals surface area contributed by atoms with E-state index in [1.165, 1.54) is 0 Å². The molecule has 1 heterocycles. The molecule has 0 aliphatic heterocycles. The van der Waals surface area contributed by atoms with Crippen molar-refractivity contribution in [1.29, 1.82) is 0 Å². The van der Waals surface area contributed by atoms with Crippen LogP contribution < -0.4 is 5.32 Å². The predicted octanol–water partition coefficient (Wildman–Crippen LogP) is 4.91. The Balaban J connectivity index is 1.94. The van der Waals surface area contributed by atoms with Gasteiger partial charge in [0.1, 0.15) is 0 Å². The molecule has 0 saturated carbocycles. The number of anilines is 1. The molecule has 3 rings (SSSR count). The summed E-state index contributed by atoms with van der Waals surface area (Å²) in [5.41, 5.74) is 1.78. The topological polar surface area (TPSA) is 42.0 Å². The number of amides is 1. The monoisotopic (exact) mass is 292 g/mol. The van der Waals surface area contributed by atoms with Gasteiger partial charge in [0.15, 0.2) is 0 Å². The van der Waals surface area contributed by atoms with Crippen molar-refractivity contribution in [3.63, 3.8) is 0 Å². The minimum absolute atomic E-state index is 0.0779. The second-order valence-electron chi connectivity index (χ2n) is 5.55. The number of carbonyl (C=O) groups excluding carboxylic acids is 1. The second kappa shape index (κ2) is 6.56. The maximum Gasteiger partial charge on any atom is 0.224 e. The van der Waals surface area contributed by atoms with E-state index in [-0.39, 0.29) is 5.91 Å². The van der Waals surface area contributed by atoms with Gasteiger partial charge in [-0.3, -0.25) is 9.78 Å². The summed E-state index contributed by atoms with van der Waals surface area (Å²) in [6, 6.07) is 14.2. The molecule has 2 aromatic carbocycles. The van der Waals surface area contributed by atoms with Crippen LogP contribution in [0.1, 0.15) is 32.6 Å². The average Bonchev–Trinajstić information content (AvgIpc) is 2.55. The van der Waals surface area contributed by atoms with E-state index in [0.717, 1.165) is 46.6 Å². The molecule has 0 spiro atoms.